The minimum Gasteiger partial charge on any atom is -0.373 e. The zero-order valence-corrected chi connectivity index (χ0v) is 14.9. The lowest BCUT2D eigenvalue weighted by Crippen LogP contribution is -2.43. The van der Waals surface area contributed by atoms with Crippen LogP contribution in [0.2, 0.25) is 0 Å². The summed E-state index contributed by atoms with van der Waals surface area (Å²) in [6.45, 7) is 7.19. The van der Waals surface area contributed by atoms with E-state index in [4.69, 9.17) is 0 Å². The Bertz CT molecular complexity index is 554. The van der Waals surface area contributed by atoms with E-state index in [0.717, 1.165) is 6.54 Å². The predicted molar refractivity (Wildman–Crippen MR) is 97.2 cm³/mol. The van der Waals surface area contributed by atoms with E-state index in [1.807, 2.05) is 0 Å². The highest BCUT2D eigenvalue weighted by Crippen LogP contribution is 2.48. The number of anilines is 1. The largest absolute Gasteiger partial charge is 0.373 e. The molecule has 0 radical (unpaired) electrons. The summed E-state index contributed by atoms with van der Waals surface area (Å²) in [5.41, 5.74) is 5.13. The van der Waals surface area contributed by atoms with Crippen molar-refractivity contribution in [2.45, 2.75) is 44.1 Å². The molecule has 1 spiro atoms. The van der Waals surface area contributed by atoms with Crippen LogP contribution in [0.4, 0.5) is 5.69 Å². The maximum absolute atomic E-state index is 2.62. The summed E-state index contributed by atoms with van der Waals surface area (Å²) < 4.78 is 0. The van der Waals surface area contributed by atoms with Crippen LogP contribution in [0.3, 0.4) is 0 Å². The second-order valence-corrected chi connectivity index (χ2v) is 8.13. The molecule has 0 atom stereocenters. The first-order chi connectivity index (χ1) is 11.2. The number of likely N-dealkylation sites (N-methyl/N-ethyl adjacent to an activating group) is 2. The highest BCUT2D eigenvalue weighted by atomic mass is 15.2. The molecule has 1 saturated carbocycles. The lowest BCUT2D eigenvalue weighted by molar-refractivity contribution is 0.148. The van der Waals surface area contributed by atoms with E-state index < -0.39 is 0 Å². The van der Waals surface area contributed by atoms with Crippen molar-refractivity contribution in [3.05, 3.63) is 29.3 Å². The van der Waals surface area contributed by atoms with Crippen molar-refractivity contribution in [2.75, 3.05) is 51.7 Å². The van der Waals surface area contributed by atoms with E-state index in [1.54, 1.807) is 5.56 Å². The number of hydrogen-bond acceptors (Lipinski definition) is 3. The predicted octanol–water partition coefficient (Wildman–Crippen LogP) is 3.09. The molecule has 1 aromatic carbocycles. The topological polar surface area (TPSA) is 9.72 Å². The number of fused-ring (bicyclic) bond motifs is 2. The highest BCUT2D eigenvalue weighted by molar-refractivity contribution is 5.63. The molecular weight excluding hydrogens is 282 g/mol. The lowest BCUT2D eigenvalue weighted by atomic mass is 9.70. The molecule has 1 saturated heterocycles. The third-order valence-corrected chi connectivity index (χ3v) is 6.40. The molecule has 1 aromatic rings. The molecule has 1 aliphatic carbocycles. The first kappa shape index (κ1) is 15.5. The van der Waals surface area contributed by atoms with Crippen molar-refractivity contribution in [1.82, 2.24) is 9.80 Å². The van der Waals surface area contributed by atoms with Crippen molar-refractivity contribution < 1.29 is 0 Å². The summed E-state index contributed by atoms with van der Waals surface area (Å²) >= 11 is 0. The van der Waals surface area contributed by atoms with Gasteiger partial charge in [-0.05, 0) is 37.1 Å². The van der Waals surface area contributed by atoms with Crippen molar-refractivity contribution in [1.29, 1.82) is 0 Å². The maximum Gasteiger partial charge on any atom is 0.0403 e. The summed E-state index contributed by atoms with van der Waals surface area (Å²) in [7, 11) is 4.51. The zero-order valence-electron chi connectivity index (χ0n) is 14.9. The van der Waals surface area contributed by atoms with Crippen LogP contribution in [0.25, 0.3) is 0 Å². The monoisotopic (exact) mass is 313 g/mol. The first-order valence-corrected chi connectivity index (χ1v) is 9.42. The Kier molecular flexibility index (Phi) is 4.10. The van der Waals surface area contributed by atoms with Gasteiger partial charge >= 0.3 is 0 Å². The van der Waals surface area contributed by atoms with E-state index in [9.17, 15) is 0 Å². The maximum atomic E-state index is 2.62. The second kappa shape index (κ2) is 6.10. The van der Waals surface area contributed by atoms with Gasteiger partial charge in [0.15, 0.2) is 0 Å². The molecule has 0 amide bonds. The van der Waals surface area contributed by atoms with Crippen LogP contribution in [0.15, 0.2) is 18.2 Å². The Morgan fingerprint density at radius 3 is 2.43 bits per heavy atom. The molecule has 0 bridgehead atoms. The van der Waals surface area contributed by atoms with E-state index in [2.05, 4.69) is 47.0 Å². The standard InChI is InChI=1S/C20H31N3/c1-21-10-12-23(13-11-21)15-17-6-7-19-18(14-17)20(16-22(19)2)8-4-3-5-9-20/h6-7,14H,3-5,8-13,15-16H2,1-2H3. The molecule has 2 fully saturated rings. The third-order valence-electron chi connectivity index (χ3n) is 6.40. The summed E-state index contributed by atoms with van der Waals surface area (Å²) in [4.78, 5) is 7.55. The van der Waals surface area contributed by atoms with Gasteiger partial charge in [0.05, 0.1) is 0 Å². The Hall–Kier alpha value is -1.06. The van der Waals surface area contributed by atoms with Crippen molar-refractivity contribution in [2.24, 2.45) is 0 Å². The highest BCUT2D eigenvalue weighted by Gasteiger charge is 2.42. The molecular formula is C20H31N3. The van der Waals surface area contributed by atoms with Crippen LogP contribution in [0, 0.1) is 0 Å². The van der Waals surface area contributed by atoms with Gasteiger partial charge in [-0.3, -0.25) is 4.90 Å². The van der Waals surface area contributed by atoms with Crippen LogP contribution < -0.4 is 4.90 Å². The van der Waals surface area contributed by atoms with Gasteiger partial charge in [0.2, 0.25) is 0 Å². The normalized spacial score (nSPS) is 25.0. The summed E-state index contributed by atoms with van der Waals surface area (Å²) in [6.07, 6.45) is 7.04. The number of rotatable bonds is 2. The fourth-order valence-electron chi connectivity index (χ4n) is 4.98. The number of nitrogens with zero attached hydrogens (tertiary/aromatic N) is 3. The van der Waals surface area contributed by atoms with Gasteiger partial charge in [-0.25, -0.2) is 0 Å². The van der Waals surface area contributed by atoms with Gasteiger partial charge in [-0.1, -0.05) is 31.4 Å². The summed E-state index contributed by atoms with van der Waals surface area (Å²) in [5, 5.41) is 0. The van der Waals surface area contributed by atoms with E-state index in [0.29, 0.717) is 5.41 Å². The van der Waals surface area contributed by atoms with Crippen molar-refractivity contribution in [3.8, 4) is 0 Å². The van der Waals surface area contributed by atoms with E-state index >= 15 is 0 Å². The molecule has 3 nitrogen and oxygen atoms in total. The first-order valence-electron chi connectivity index (χ1n) is 9.42. The lowest BCUT2D eigenvalue weighted by Gasteiger charge is -2.35. The number of hydrogen-bond donors (Lipinski definition) is 0. The van der Waals surface area contributed by atoms with Gasteiger partial charge in [-0.15, -0.1) is 0 Å². The molecule has 23 heavy (non-hydrogen) atoms. The number of piperazine rings is 1. The van der Waals surface area contributed by atoms with E-state index in [1.165, 1.54) is 76.1 Å². The molecule has 3 aliphatic rings. The van der Waals surface area contributed by atoms with Gasteiger partial charge in [0, 0.05) is 57.4 Å². The van der Waals surface area contributed by atoms with Crippen LogP contribution in [0.5, 0.6) is 0 Å². The Morgan fingerprint density at radius 1 is 0.957 bits per heavy atom. The molecule has 4 rings (SSSR count). The van der Waals surface area contributed by atoms with Crippen molar-refractivity contribution in [3.63, 3.8) is 0 Å². The molecule has 0 unspecified atom stereocenters. The van der Waals surface area contributed by atoms with Crippen molar-refractivity contribution >= 4 is 5.69 Å². The molecule has 3 heteroatoms. The minimum absolute atomic E-state index is 0.459. The van der Waals surface area contributed by atoms with Gasteiger partial charge in [0.25, 0.3) is 0 Å². The Labute approximate surface area is 141 Å². The van der Waals surface area contributed by atoms with Gasteiger partial charge < -0.3 is 9.80 Å². The van der Waals surface area contributed by atoms with Gasteiger partial charge in [0.1, 0.15) is 0 Å². The Balaban J connectivity index is 1.56. The Morgan fingerprint density at radius 2 is 1.70 bits per heavy atom. The summed E-state index contributed by atoms with van der Waals surface area (Å²) in [5.74, 6) is 0. The molecule has 0 N–H and O–H groups in total. The molecule has 2 heterocycles. The zero-order chi connectivity index (χ0) is 15.9. The van der Waals surface area contributed by atoms with Gasteiger partial charge in [-0.2, -0.15) is 0 Å². The minimum atomic E-state index is 0.459. The smallest absolute Gasteiger partial charge is 0.0403 e. The third kappa shape index (κ3) is 2.89. The SMILES string of the molecule is CN1CCN(Cc2ccc3c(c2)C2(CCCCC2)CN3C)CC1. The van der Waals surface area contributed by atoms with Crippen LogP contribution in [-0.4, -0.2) is 56.6 Å². The van der Waals surface area contributed by atoms with Crippen LogP contribution in [-0.2, 0) is 12.0 Å². The molecule has 2 aliphatic heterocycles. The molecule has 0 aromatic heterocycles. The molecule has 126 valence electrons. The number of benzene rings is 1. The fourth-order valence-corrected chi connectivity index (χ4v) is 4.98. The van der Waals surface area contributed by atoms with Crippen LogP contribution in [0.1, 0.15) is 43.2 Å². The fraction of sp³-hybridized carbons (Fsp3) is 0.700. The average molecular weight is 313 g/mol. The van der Waals surface area contributed by atoms with Crippen LogP contribution >= 0.6 is 0 Å². The summed E-state index contributed by atoms with van der Waals surface area (Å²) in [6, 6.07) is 7.32. The second-order valence-electron chi connectivity index (χ2n) is 8.13. The average Bonchev–Trinajstić information content (AvgIpc) is 2.82. The quantitative estimate of drug-likeness (QED) is 0.831. The van der Waals surface area contributed by atoms with E-state index in [-0.39, 0.29) is 0 Å².